The summed E-state index contributed by atoms with van der Waals surface area (Å²) in [6.45, 7) is 0. The number of hydrogen-bond donors (Lipinski definition) is 0. The van der Waals surface area contributed by atoms with E-state index in [4.69, 9.17) is 0 Å². The van der Waals surface area contributed by atoms with E-state index >= 15 is 0 Å². The highest BCUT2D eigenvalue weighted by Crippen LogP contribution is 2.35. The molecule has 0 heterocycles. The average Bonchev–Trinajstić information content (AvgIpc) is 2.47. The second-order valence-electron chi connectivity index (χ2n) is 5.49. The van der Waals surface area contributed by atoms with Gasteiger partial charge in [-0.05, 0) is 42.6 Å². The van der Waals surface area contributed by atoms with Crippen LogP contribution in [0.2, 0.25) is 0 Å². The molecule has 1 fully saturated rings. The molecular formula is C18H16F2O. The van der Waals surface area contributed by atoms with Crippen molar-refractivity contribution in [2.24, 2.45) is 0 Å². The van der Waals surface area contributed by atoms with Crippen molar-refractivity contribution in [1.82, 2.24) is 0 Å². The van der Waals surface area contributed by atoms with Crippen molar-refractivity contribution in [3.8, 4) is 0 Å². The number of carbonyl (C=O) groups excluding carboxylic acids is 1. The van der Waals surface area contributed by atoms with Crippen LogP contribution in [0.15, 0.2) is 70.4 Å². The summed E-state index contributed by atoms with van der Waals surface area (Å²) in [6.07, 6.45) is 12.3. The molecule has 0 atom stereocenters. The van der Waals surface area contributed by atoms with Crippen LogP contribution < -0.4 is 0 Å². The van der Waals surface area contributed by atoms with Gasteiger partial charge in [-0.1, -0.05) is 24.3 Å². The fourth-order valence-corrected chi connectivity index (χ4v) is 3.02. The zero-order valence-corrected chi connectivity index (χ0v) is 11.7. The minimum absolute atomic E-state index is 0.0371. The number of rotatable bonds is 0. The molecule has 21 heavy (non-hydrogen) atoms. The van der Waals surface area contributed by atoms with Crippen molar-refractivity contribution in [2.75, 3.05) is 0 Å². The van der Waals surface area contributed by atoms with E-state index in [9.17, 15) is 13.6 Å². The lowest BCUT2D eigenvalue weighted by Gasteiger charge is -2.22. The third-order valence-electron chi connectivity index (χ3n) is 4.04. The molecule has 1 saturated carbocycles. The summed E-state index contributed by atoms with van der Waals surface area (Å²) in [4.78, 5) is 12.7. The molecule has 0 aromatic rings. The lowest BCUT2D eigenvalue weighted by atomic mass is 9.81. The molecule has 0 amide bonds. The van der Waals surface area contributed by atoms with Gasteiger partial charge in [0, 0.05) is 24.0 Å². The Morgan fingerprint density at radius 3 is 1.71 bits per heavy atom. The van der Waals surface area contributed by atoms with E-state index < -0.39 is 0 Å². The number of hydrogen-bond acceptors (Lipinski definition) is 1. The first-order chi connectivity index (χ1) is 10.1. The van der Waals surface area contributed by atoms with Crippen LogP contribution in [0.4, 0.5) is 8.78 Å². The van der Waals surface area contributed by atoms with Crippen LogP contribution >= 0.6 is 0 Å². The highest BCUT2D eigenvalue weighted by Gasteiger charge is 2.26. The maximum Gasteiger partial charge on any atom is 0.185 e. The van der Waals surface area contributed by atoms with Crippen molar-refractivity contribution >= 4 is 5.78 Å². The monoisotopic (exact) mass is 286 g/mol. The second kappa shape index (κ2) is 5.76. The van der Waals surface area contributed by atoms with Gasteiger partial charge in [0.25, 0.3) is 0 Å². The lowest BCUT2D eigenvalue weighted by molar-refractivity contribution is -0.113. The zero-order valence-electron chi connectivity index (χ0n) is 11.7. The molecule has 1 nitrogen and oxygen atoms in total. The Hall–Kier alpha value is -2.03. The molecule has 0 radical (unpaired) electrons. The Morgan fingerprint density at radius 2 is 1.29 bits per heavy atom. The summed E-state index contributed by atoms with van der Waals surface area (Å²) in [6, 6.07) is 0. The molecule has 0 spiro atoms. The summed E-state index contributed by atoms with van der Waals surface area (Å²) in [7, 11) is 0. The molecule has 0 aliphatic heterocycles. The van der Waals surface area contributed by atoms with Crippen LogP contribution in [0.5, 0.6) is 0 Å². The molecule has 3 heteroatoms. The first-order valence-electron chi connectivity index (χ1n) is 7.19. The number of halogens is 2. The van der Waals surface area contributed by atoms with Gasteiger partial charge in [-0.25, -0.2) is 8.78 Å². The van der Waals surface area contributed by atoms with Crippen molar-refractivity contribution in [3.63, 3.8) is 0 Å². The van der Waals surface area contributed by atoms with E-state index in [1.165, 1.54) is 12.2 Å². The van der Waals surface area contributed by atoms with E-state index in [1.54, 1.807) is 24.3 Å². The van der Waals surface area contributed by atoms with Crippen molar-refractivity contribution in [3.05, 3.63) is 70.4 Å². The topological polar surface area (TPSA) is 17.1 Å². The van der Waals surface area contributed by atoms with Gasteiger partial charge in [-0.3, -0.25) is 4.79 Å². The van der Waals surface area contributed by atoms with E-state index in [0.29, 0.717) is 24.0 Å². The molecular weight excluding hydrogens is 270 g/mol. The van der Waals surface area contributed by atoms with Gasteiger partial charge in [-0.2, -0.15) is 0 Å². The van der Waals surface area contributed by atoms with Gasteiger partial charge in [-0.15, -0.1) is 0 Å². The van der Waals surface area contributed by atoms with Gasteiger partial charge in [0.1, 0.15) is 11.7 Å². The van der Waals surface area contributed by atoms with E-state index in [0.717, 1.165) is 17.6 Å². The molecule has 0 unspecified atom stereocenters. The standard InChI is InChI=1S/C18H16F2O/c19-14-6-1-4-12(10-14)16-8-3-9-17(18(16)21)13-5-2-7-15(20)11-13/h1-2,4-7H,3,8-11H2. The Bertz CT molecular complexity index is 613. The van der Waals surface area contributed by atoms with E-state index in [2.05, 4.69) is 0 Å². The molecule has 0 bridgehead atoms. The van der Waals surface area contributed by atoms with Crippen LogP contribution in [0.25, 0.3) is 0 Å². The first kappa shape index (κ1) is 13.9. The summed E-state index contributed by atoms with van der Waals surface area (Å²) < 4.78 is 26.8. The summed E-state index contributed by atoms with van der Waals surface area (Å²) in [5.41, 5.74) is 2.89. The molecule has 3 aliphatic carbocycles. The van der Waals surface area contributed by atoms with Gasteiger partial charge < -0.3 is 0 Å². The number of ketones is 1. The maximum absolute atomic E-state index is 13.4. The largest absolute Gasteiger partial charge is 0.289 e. The summed E-state index contributed by atoms with van der Waals surface area (Å²) >= 11 is 0. The highest BCUT2D eigenvalue weighted by molar-refractivity contribution is 6.10. The van der Waals surface area contributed by atoms with Gasteiger partial charge >= 0.3 is 0 Å². The molecule has 108 valence electrons. The predicted octanol–water partition coefficient (Wildman–Crippen LogP) is 4.96. The van der Waals surface area contributed by atoms with Gasteiger partial charge in [0.15, 0.2) is 5.78 Å². The second-order valence-corrected chi connectivity index (χ2v) is 5.49. The van der Waals surface area contributed by atoms with Gasteiger partial charge in [0.05, 0.1) is 0 Å². The van der Waals surface area contributed by atoms with Crippen LogP contribution in [0.1, 0.15) is 32.1 Å². The van der Waals surface area contributed by atoms with Crippen LogP contribution in [0, 0.1) is 0 Å². The molecule has 3 rings (SSSR count). The van der Waals surface area contributed by atoms with Crippen molar-refractivity contribution in [2.45, 2.75) is 32.1 Å². The van der Waals surface area contributed by atoms with Crippen LogP contribution in [-0.4, -0.2) is 5.78 Å². The van der Waals surface area contributed by atoms with E-state index in [-0.39, 0.29) is 30.3 Å². The summed E-state index contributed by atoms with van der Waals surface area (Å²) in [5, 5.41) is 0. The normalized spacial score (nSPS) is 29.5. The Balaban J connectivity index is 1.96. The third-order valence-corrected chi connectivity index (χ3v) is 4.04. The fourth-order valence-electron chi connectivity index (χ4n) is 3.02. The number of carbonyl (C=O) groups is 1. The zero-order chi connectivity index (χ0) is 14.8. The van der Waals surface area contributed by atoms with Crippen LogP contribution in [0.3, 0.4) is 0 Å². The highest BCUT2D eigenvalue weighted by atomic mass is 19.1. The minimum atomic E-state index is -0.223. The summed E-state index contributed by atoms with van der Waals surface area (Å²) in [5.74, 6) is -0.483. The smallest absolute Gasteiger partial charge is 0.185 e. The first-order valence-corrected chi connectivity index (χ1v) is 7.19. The third kappa shape index (κ3) is 2.87. The predicted molar refractivity (Wildman–Crippen MR) is 78.8 cm³/mol. The Morgan fingerprint density at radius 1 is 0.810 bits per heavy atom. The average molecular weight is 286 g/mol. The van der Waals surface area contributed by atoms with Crippen LogP contribution in [-0.2, 0) is 4.79 Å². The minimum Gasteiger partial charge on any atom is -0.289 e. The van der Waals surface area contributed by atoms with Crippen molar-refractivity contribution in [1.29, 1.82) is 0 Å². The lowest BCUT2D eigenvalue weighted by Crippen LogP contribution is -2.17. The molecule has 0 saturated heterocycles. The van der Waals surface area contributed by atoms with E-state index in [1.807, 2.05) is 0 Å². The molecule has 0 N–H and O–H groups in total. The number of Topliss-reactive ketones (excluding diaryl/α,β-unsaturated/α-hetero) is 1. The fraction of sp³-hybridized carbons (Fsp3) is 0.278. The Kier molecular flexibility index (Phi) is 3.82. The van der Waals surface area contributed by atoms with Crippen molar-refractivity contribution < 1.29 is 13.6 Å². The number of allylic oxidation sites excluding steroid dienone is 12. The maximum atomic E-state index is 13.4. The van der Waals surface area contributed by atoms with Gasteiger partial charge in [0.2, 0.25) is 0 Å². The molecule has 3 aliphatic rings. The quantitative estimate of drug-likeness (QED) is 0.575. The Labute approximate surface area is 122 Å². The molecule has 0 aromatic carbocycles. The molecule has 0 aromatic heterocycles. The SMILES string of the molecule is O=C1C(=C2C=CC=C(F)C2)CCCC1=C1C=CC=C(F)C1.